The molecule has 10 nitrogen and oxygen atoms in total. The number of carbonyl (C=O) groups excluding carboxylic acids is 1. The number of esters is 1. The third-order valence-electron chi connectivity index (χ3n) is 7.93. The Balaban J connectivity index is 1.43. The minimum atomic E-state index is -4.31. The molecular formula is C25H25N3O7S. The van der Waals surface area contributed by atoms with E-state index in [-0.39, 0.29) is 28.3 Å². The zero-order valence-corrected chi connectivity index (χ0v) is 20.5. The van der Waals surface area contributed by atoms with E-state index in [0.29, 0.717) is 11.4 Å². The maximum Gasteiger partial charge on any atom is 0.303 e. The molecule has 0 aromatic heterocycles. The van der Waals surface area contributed by atoms with Gasteiger partial charge in [-0.15, -0.1) is 5.11 Å². The molecule has 0 radical (unpaired) electrons. The van der Waals surface area contributed by atoms with Gasteiger partial charge in [-0.1, -0.05) is 6.08 Å². The molecule has 0 unspecified atom stereocenters. The highest BCUT2D eigenvalue weighted by molar-refractivity contribution is 7.85. The minimum absolute atomic E-state index is 0.131. The van der Waals surface area contributed by atoms with Crippen molar-refractivity contribution in [2.24, 2.45) is 16.1 Å². The van der Waals surface area contributed by atoms with Crippen molar-refractivity contribution in [1.29, 1.82) is 0 Å². The summed E-state index contributed by atoms with van der Waals surface area (Å²) in [6.45, 7) is 2.24. The zero-order valence-electron chi connectivity index (χ0n) is 19.7. The first-order valence-electron chi connectivity index (χ1n) is 11.7. The fraction of sp³-hybridized carbons (Fsp3) is 0.400. The Morgan fingerprint density at radius 2 is 1.97 bits per heavy atom. The van der Waals surface area contributed by atoms with Crippen LogP contribution in [0.4, 0.5) is 11.4 Å². The van der Waals surface area contributed by atoms with E-state index < -0.39 is 33.7 Å². The number of hydrogen-bond donors (Lipinski definition) is 2. The summed E-state index contributed by atoms with van der Waals surface area (Å²) in [5.74, 6) is 0.00357. The molecule has 2 N–H and O–H groups in total. The van der Waals surface area contributed by atoms with Crippen LogP contribution in [0, 0.1) is 5.92 Å². The van der Waals surface area contributed by atoms with E-state index in [2.05, 4.69) is 28.3 Å². The average Bonchev–Trinajstić information content (AvgIpc) is 3.18. The van der Waals surface area contributed by atoms with E-state index in [1.165, 1.54) is 31.2 Å². The molecule has 2 aliphatic carbocycles. The largest absolute Gasteiger partial charge is 0.503 e. The lowest BCUT2D eigenvalue weighted by molar-refractivity contribution is -0.152. The second-order valence-electron chi connectivity index (χ2n) is 9.84. The van der Waals surface area contributed by atoms with Crippen molar-refractivity contribution in [2.45, 2.75) is 48.3 Å². The molecule has 1 saturated heterocycles. The molecule has 1 spiro atoms. The molecule has 2 aliphatic heterocycles. The molecule has 6 rings (SSSR count). The van der Waals surface area contributed by atoms with Gasteiger partial charge < -0.3 is 19.5 Å². The topological polar surface area (TPSA) is 138 Å². The lowest BCUT2D eigenvalue weighted by Crippen LogP contribution is -2.65. The third kappa shape index (κ3) is 3.30. The van der Waals surface area contributed by atoms with E-state index in [9.17, 15) is 18.3 Å². The summed E-state index contributed by atoms with van der Waals surface area (Å²) >= 11 is 0. The van der Waals surface area contributed by atoms with Crippen molar-refractivity contribution in [3.05, 3.63) is 53.6 Å². The Bertz CT molecular complexity index is 1440. The molecule has 2 heterocycles. The van der Waals surface area contributed by atoms with E-state index in [1.807, 2.05) is 12.1 Å². The molecule has 188 valence electrons. The fourth-order valence-corrected chi connectivity index (χ4v) is 6.93. The van der Waals surface area contributed by atoms with Crippen molar-refractivity contribution < 1.29 is 32.3 Å². The van der Waals surface area contributed by atoms with Gasteiger partial charge in [-0.25, -0.2) is 0 Å². The highest BCUT2D eigenvalue weighted by Gasteiger charge is 2.65. The predicted molar refractivity (Wildman–Crippen MR) is 128 cm³/mol. The predicted octanol–water partition coefficient (Wildman–Crippen LogP) is 3.43. The second-order valence-corrected chi connectivity index (χ2v) is 11.3. The Labute approximate surface area is 208 Å². The van der Waals surface area contributed by atoms with Gasteiger partial charge in [0.05, 0.1) is 10.6 Å². The minimum Gasteiger partial charge on any atom is -0.503 e. The number of likely N-dealkylation sites (tertiary alicyclic amines) is 1. The Hall–Kier alpha value is -3.28. The van der Waals surface area contributed by atoms with Gasteiger partial charge in [-0.2, -0.15) is 13.5 Å². The molecule has 5 atom stereocenters. The van der Waals surface area contributed by atoms with E-state index in [0.717, 1.165) is 30.5 Å². The summed E-state index contributed by atoms with van der Waals surface area (Å²) in [5.41, 5.74) is 2.16. The van der Waals surface area contributed by atoms with Crippen molar-refractivity contribution >= 4 is 27.5 Å². The van der Waals surface area contributed by atoms with Gasteiger partial charge in [0.15, 0.2) is 17.6 Å². The van der Waals surface area contributed by atoms with Crippen LogP contribution in [0.3, 0.4) is 0 Å². The normalized spacial score (nSPS) is 30.2. The highest BCUT2D eigenvalue weighted by atomic mass is 32.2. The summed E-state index contributed by atoms with van der Waals surface area (Å²) in [6.07, 6.45) is 4.59. The smallest absolute Gasteiger partial charge is 0.303 e. The average molecular weight is 512 g/mol. The van der Waals surface area contributed by atoms with Gasteiger partial charge in [0.2, 0.25) is 0 Å². The van der Waals surface area contributed by atoms with Crippen LogP contribution in [-0.4, -0.2) is 60.8 Å². The van der Waals surface area contributed by atoms with Gasteiger partial charge in [0, 0.05) is 29.9 Å². The number of likely N-dealkylation sites (N-methyl/N-ethyl adjacent to an activating group) is 1. The number of aromatic hydroxyl groups is 1. The number of piperidine rings is 1. The van der Waals surface area contributed by atoms with E-state index in [4.69, 9.17) is 14.0 Å². The summed E-state index contributed by atoms with van der Waals surface area (Å²) in [6, 6.07) is 7.32. The van der Waals surface area contributed by atoms with Crippen LogP contribution in [0.2, 0.25) is 0 Å². The first-order valence-corrected chi connectivity index (χ1v) is 13.1. The molecule has 36 heavy (non-hydrogen) atoms. The molecule has 1 fully saturated rings. The van der Waals surface area contributed by atoms with Crippen molar-refractivity contribution in [2.75, 3.05) is 13.6 Å². The SMILES string of the molecule is CC(=O)O[C@H]1C=C[C@H]2[C@H]3Cc4cc(N=Nc5ccc(S(=O)(=O)O)cc5)c(O)c5c4[C@@]2(CCN3C)[C@H]1O5. The van der Waals surface area contributed by atoms with E-state index >= 15 is 0 Å². The van der Waals surface area contributed by atoms with Gasteiger partial charge >= 0.3 is 5.97 Å². The first kappa shape index (κ1) is 23.1. The van der Waals surface area contributed by atoms with E-state index in [1.54, 1.807) is 0 Å². The molecule has 2 bridgehead atoms. The summed E-state index contributed by atoms with van der Waals surface area (Å²) in [5, 5.41) is 19.6. The Kier molecular flexibility index (Phi) is 5.05. The van der Waals surface area contributed by atoms with Gasteiger partial charge in [-0.05, 0) is 68.4 Å². The van der Waals surface area contributed by atoms with Crippen molar-refractivity contribution in [3.63, 3.8) is 0 Å². The molecule has 11 heteroatoms. The summed E-state index contributed by atoms with van der Waals surface area (Å²) < 4.78 is 43.7. The zero-order chi connectivity index (χ0) is 25.4. The van der Waals surface area contributed by atoms with Crippen LogP contribution in [0.25, 0.3) is 0 Å². The number of carbonyl (C=O) groups is 1. The van der Waals surface area contributed by atoms with Crippen molar-refractivity contribution in [1.82, 2.24) is 4.90 Å². The van der Waals surface area contributed by atoms with Crippen LogP contribution in [0.5, 0.6) is 11.5 Å². The van der Waals surface area contributed by atoms with Crippen LogP contribution >= 0.6 is 0 Å². The number of hydrogen-bond acceptors (Lipinski definition) is 9. The number of phenols is 1. The van der Waals surface area contributed by atoms with Gasteiger partial charge in [-0.3, -0.25) is 9.35 Å². The number of benzene rings is 2. The third-order valence-corrected chi connectivity index (χ3v) is 8.80. The molecular weight excluding hydrogens is 486 g/mol. The van der Waals surface area contributed by atoms with Crippen molar-refractivity contribution in [3.8, 4) is 11.5 Å². The van der Waals surface area contributed by atoms with Gasteiger partial charge in [0.1, 0.15) is 11.8 Å². The molecule has 2 aromatic rings. The molecule has 0 amide bonds. The monoisotopic (exact) mass is 511 g/mol. The van der Waals surface area contributed by atoms with Crippen LogP contribution < -0.4 is 4.74 Å². The Morgan fingerprint density at radius 3 is 2.67 bits per heavy atom. The maximum absolute atomic E-state index is 11.8. The quantitative estimate of drug-likeness (QED) is 0.276. The molecule has 2 aromatic carbocycles. The standard InChI is InChI=1S/C25H25N3O7S/c1-13(29)34-20-8-7-17-19-12-14-11-18(27-26-15-3-5-16(6-4-15)36(31,32)33)22(30)23-21(14)25(17,24(20)35-23)9-10-28(19)2/h3-8,11,17,19-20,24,30H,9-10,12H2,1-2H3,(H,31,32,33)/t17-,19+,20-,24-,25-/m0/s1. The van der Waals surface area contributed by atoms with Crippen LogP contribution in [-0.2, 0) is 31.5 Å². The highest BCUT2D eigenvalue weighted by Crippen LogP contribution is 2.64. The number of phenolic OH excluding ortho intramolecular Hbond substituents is 1. The summed E-state index contributed by atoms with van der Waals surface area (Å²) in [7, 11) is -2.20. The lowest BCUT2D eigenvalue weighted by Gasteiger charge is -2.56. The number of azo groups is 1. The second kappa shape index (κ2) is 7.86. The molecule has 0 saturated carbocycles. The summed E-state index contributed by atoms with van der Waals surface area (Å²) in [4.78, 5) is 13.9. The molecule has 4 aliphatic rings. The van der Waals surface area contributed by atoms with Crippen LogP contribution in [0.1, 0.15) is 24.5 Å². The fourth-order valence-electron chi connectivity index (χ4n) is 6.45. The number of nitrogens with zero attached hydrogens (tertiary/aromatic N) is 3. The van der Waals surface area contributed by atoms with Crippen LogP contribution in [0.15, 0.2) is 57.6 Å². The number of rotatable bonds is 4. The Morgan fingerprint density at radius 1 is 1.22 bits per heavy atom. The number of ether oxygens (including phenoxy) is 2. The lowest BCUT2D eigenvalue weighted by atomic mass is 9.53. The first-order chi connectivity index (χ1) is 17.1. The van der Waals surface area contributed by atoms with Gasteiger partial charge in [0.25, 0.3) is 10.1 Å². The maximum atomic E-state index is 11.8.